The van der Waals surface area contributed by atoms with Crippen LogP contribution in [0, 0.1) is 6.92 Å². The van der Waals surface area contributed by atoms with E-state index in [1.54, 1.807) is 14.2 Å². The zero-order chi connectivity index (χ0) is 13.8. The highest BCUT2D eigenvalue weighted by atomic mass is 16.5. The topological polar surface area (TPSA) is 50.7 Å². The van der Waals surface area contributed by atoms with Crippen LogP contribution in [0.2, 0.25) is 0 Å². The predicted octanol–water partition coefficient (Wildman–Crippen LogP) is 1.83. The molecule has 0 saturated carbocycles. The summed E-state index contributed by atoms with van der Waals surface area (Å²) in [5.41, 5.74) is 2.12. The minimum Gasteiger partial charge on any atom is -0.497 e. The SMILES string of the molecule is COc1cc(C)c(C(C)(C)CNCO)c(OC)c1. The van der Waals surface area contributed by atoms with Crippen molar-refractivity contribution in [1.29, 1.82) is 0 Å². The molecule has 102 valence electrons. The molecule has 0 aliphatic heterocycles. The Balaban J connectivity index is 3.21. The summed E-state index contributed by atoms with van der Waals surface area (Å²) < 4.78 is 10.7. The summed E-state index contributed by atoms with van der Waals surface area (Å²) in [4.78, 5) is 0. The maximum absolute atomic E-state index is 8.89. The molecule has 4 heteroatoms. The van der Waals surface area contributed by atoms with Gasteiger partial charge in [-0.25, -0.2) is 0 Å². The van der Waals surface area contributed by atoms with Gasteiger partial charge in [0.25, 0.3) is 0 Å². The number of hydrogen-bond acceptors (Lipinski definition) is 4. The van der Waals surface area contributed by atoms with Gasteiger partial charge >= 0.3 is 0 Å². The molecule has 0 unspecified atom stereocenters. The molecule has 0 aromatic heterocycles. The molecule has 18 heavy (non-hydrogen) atoms. The third kappa shape index (κ3) is 3.15. The Morgan fingerprint density at radius 2 is 1.89 bits per heavy atom. The van der Waals surface area contributed by atoms with Gasteiger partial charge in [-0.05, 0) is 18.6 Å². The quantitative estimate of drug-likeness (QED) is 0.759. The van der Waals surface area contributed by atoms with Crippen LogP contribution in [0.4, 0.5) is 0 Å². The Kier molecular flexibility index (Phi) is 4.99. The van der Waals surface area contributed by atoms with Crippen molar-refractivity contribution in [2.75, 3.05) is 27.5 Å². The van der Waals surface area contributed by atoms with E-state index in [1.165, 1.54) is 0 Å². The van der Waals surface area contributed by atoms with E-state index >= 15 is 0 Å². The number of methoxy groups -OCH3 is 2. The third-order valence-electron chi connectivity index (χ3n) is 3.08. The Bertz CT molecular complexity index is 402. The zero-order valence-corrected chi connectivity index (χ0v) is 11.8. The number of aliphatic hydroxyl groups excluding tert-OH is 1. The molecule has 1 aromatic rings. The van der Waals surface area contributed by atoms with Crippen molar-refractivity contribution in [1.82, 2.24) is 5.32 Å². The van der Waals surface area contributed by atoms with Crippen molar-refractivity contribution >= 4 is 0 Å². The molecule has 0 saturated heterocycles. The number of aliphatic hydroxyl groups is 1. The Labute approximate surface area is 109 Å². The number of nitrogens with one attached hydrogen (secondary N) is 1. The van der Waals surface area contributed by atoms with Crippen LogP contribution >= 0.6 is 0 Å². The summed E-state index contributed by atoms with van der Waals surface area (Å²) in [6.07, 6.45) is 0. The van der Waals surface area contributed by atoms with Gasteiger partial charge in [0.05, 0.1) is 21.0 Å². The molecule has 0 atom stereocenters. The lowest BCUT2D eigenvalue weighted by atomic mass is 9.81. The van der Waals surface area contributed by atoms with Crippen LogP contribution in [0.5, 0.6) is 11.5 Å². The minimum atomic E-state index is -0.134. The summed E-state index contributed by atoms with van der Waals surface area (Å²) >= 11 is 0. The fourth-order valence-corrected chi connectivity index (χ4v) is 2.33. The van der Waals surface area contributed by atoms with E-state index in [0.717, 1.165) is 22.6 Å². The van der Waals surface area contributed by atoms with Crippen LogP contribution in [-0.4, -0.2) is 32.6 Å². The van der Waals surface area contributed by atoms with E-state index in [0.29, 0.717) is 6.54 Å². The van der Waals surface area contributed by atoms with E-state index in [1.807, 2.05) is 19.1 Å². The molecule has 0 radical (unpaired) electrons. The van der Waals surface area contributed by atoms with Gasteiger partial charge in [0.1, 0.15) is 11.5 Å². The molecule has 0 aliphatic carbocycles. The predicted molar refractivity (Wildman–Crippen MR) is 72.4 cm³/mol. The average molecular weight is 253 g/mol. The van der Waals surface area contributed by atoms with Gasteiger partial charge in [0.15, 0.2) is 0 Å². The first-order chi connectivity index (χ1) is 8.46. The van der Waals surface area contributed by atoms with E-state index in [9.17, 15) is 0 Å². The first-order valence-corrected chi connectivity index (χ1v) is 6.01. The molecule has 0 fully saturated rings. The van der Waals surface area contributed by atoms with Gasteiger partial charge in [-0.15, -0.1) is 0 Å². The van der Waals surface area contributed by atoms with E-state index in [4.69, 9.17) is 14.6 Å². The second-order valence-corrected chi connectivity index (χ2v) is 4.99. The second-order valence-electron chi connectivity index (χ2n) is 4.99. The van der Waals surface area contributed by atoms with Crippen LogP contribution in [0.25, 0.3) is 0 Å². The smallest absolute Gasteiger partial charge is 0.126 e. The molecule has 0 aliphatic rings. The highest BCUT2D eigenvalue weighted by Gasteiger charge is 2.26. The number of aryl methyl sites for hydroxylation is 1. The molecule has 0 spiro atoms. The van der Waals surface area contributed by atoms with Crippen molar-refractivity contribution < 1.29 is 14.6 Å². The van der Waals surface area contributed by atoms with Crippen molar-refractivity contribution in [3.8, 4) is 11.5 Å². The van der Waals surface area contributed by atoms with Gasteiger partial charge in [-0.2, -0.15) is 0 Å². The maximum atomic E-state index is 8.89. The summed E-state index contributed by atoms with van der Waals surface area (Å²) in [5, 5.41) is 11.9. The van der Waals surface area contributed by atoms with Crippen LogP contribution in [0.3, 0.4) is 0 Å². The van der Waals surface area contributed by atoms with E-state index in [2.05, 4.69) is 19.2 Å². The molecule has 4 nitrogen and oxygen atoms in total. The second kappa shape index (κ2) is 6.07. The third-order valence-corrected chi connectivity index (χ3v) is 3.08. The average Bonchev–Trinajstić information content (AvgIpc) is 2.34. The number of rotatable bonds is 6. The van der Waals surface area contributed by atoms with Crippen LogP contribution in [-0.2, 0) is 5.41 Å². The molecule has 1 aromatic carbocycles. The minimum absolute atomic E-state index is 0.0268. The Hall–Kier alpha value is -1.26. The molecule has 1 rings (SSSR count). The van der Waals surface area contributed by atoms with E-state index in [-0.39, 0.29) is 12.1 Å². The van der Waals surface area contributed by atoms with Crippen LogP contribution < -0.4 is 14.8 Å². The highest BCUT2D eigenvalue weighted by molar-refractivity contribution is 5.50. The van der Waals surface area contributed by atoms with Crippen LogP contribution in [0.1, 0.15) is 25.0 Å². The lowest BCUT2D eigenvalue weighted by Crippen LogP contribution is -2.34. The van der Waals surface area contributed by atoms with Gasteiger partial charge in [0.2, 0.25) is 0 Å². The zero-order valence-electron chi connectivity index (χ0n) is 11.8. The largest absolute Gasteiger partial charge is 0.497 e. The van der Waals surface area contributed by atoms with Gasteiger partial charge in [0, 0.05) is 23.6 Å². The van der Waals surface area contributed by atoms with Crippen LogP contribution in [0.15, 0.2) is 12.1 Å². The first-order valence-electron chi connectivity index (χ1n) is 6.01. The molecule has 0 heterocycles. The number of benzene rings is 1. The summed E-state index contributed by atoms with van der Waals surface area (Å²) in [5.74, 6) is 1.61. The number of hydrogen-bond donors (Lipinski definition) is 2. The molecule has 0 amide bonds. The lowest BCUT2D eigenvalue weighted by Gasteiger charge is -2.29. The summed E-state index contributed by atoms with van der Waals surface area (Å²) in [6.45, 7) is 6.93. The molecular formula is C14H23NO3. The normalized spacial score (nSPS) is 11.4. The fraction of sp³-hybridized carbons (Fsp3) is 0.571. The molecule has 2 N–H and O–H groups in total. The standard InChI is InChI=1S/C14H23NO3/c1-10-6-11(17-4)7-12(18-5)13(10)14(2,3)8-15-9-16/h6-7,15-16H,8-9H2,1-5H3. The van der Waals surface area contributed by atoms with Gasteiger partial charge in [-0.1, -0.05) is 13.8 Å². The Morgan fingerprint density at radius 1 is 1.22 bits per heavy atom. The van der Waals surface area contributed by atoms with Gasteiger partial charge in [-0.3, -0.25) is 5.32 Å². The van der Waals surface area contributed by atoms with Crippen molar-refractivity contribution in [3.63, 3.8) is 0 Å². The molecular weight excluding hydrogens is 230 g/mol. The number of ether oxygens (including phenoxy) is 2. The molecule has 0 bridgehead atoms. The fourth-order valence-electron chi connectivity index (χ4n) is 2.33. The van der Waals surface area contributed by atoms with Crippen molar-refractivity contribution in [2.45, 2.75) is 26.2 Å². The van der Waals surface area contributed by atoms with E-state index < -0.39 is 0 Å². The first kappa shape index (κ1) is 14.8. The van der Waals surface area contributed by atoms with Crippen molar-refractivity contribution in [3.05, 3.63) is 23.3 Å². The highest BCUT2D eigenvalue weighted by Crippen LogP contribution is 2.37. The van der Waals surface area contributed by atoms with Gasteiger partial charge < -0.3 is 14.6 Å². The summed E-state index contributed by atoms with van der Waals surface area (Å²) in [7, 11) is 3.31. The van der Waals surface area contributed by atoms with Crippen molar-refractivity contribution in [2.24, 2.45) is 0 Å². The lowest BCUT2D eigenvalue weighted by molar-refractivity contribution is 0.246. The Morgan fingerprint density at radius 3 is 2.39 bits per heavy atom. The monoisotopic (exact) mass is 253 g/mol. The summed E-state index contributed by atoms with van der Waals surface area (Å²) in [6, 6.07) is 3.89. The maximum Gasteiger partial charge on any atom is 0.126 e.